The molecule has 0 aromatic heterocycles. The molecule has 0 aliphatic rings. The van der Waals surface area contributed by atoms with Crippen molar-refractivity contribution in [2.75, 3.05) is 0 Å². The van der Waals surface area contributed by atoms with Crippen molar-refractivity contribution in [2.45, 2.75) is 26.2 Å². The van der Waals surface area contributed by atoms with E-state index in [0.29, 0.717) is 0 Å². The van der Waals surface area contributed by atoms with E-state index in [1.54, 1.807) is 0 Å². The van der Waals surface area contributed by atoms with E-state index in [4.69, 9.17) is 0 Å². The van der Waals surface area contributed by atoms with Gasteiger partial charge in [-0.3, -0.25) is 0 Å². The Hall–Kier alpha value is -2.08. The number of hydrogen-bond acceptors (Lipinski definition) is 0. The Balaban J connectivity index is 2.67. The zero-order chi connectivity index (χ0) is 15.0. The molecule has 0 atom stereocenters. The van der Waals surface area contributed by atoms with E-state index in [2.05, 4.69) is 39.3 Å². The molecular weight excluding hydrogens is 240 g/mol. The van der Waals surface area contributed by atoms with E-state index in [0.717, 1.165) is 34.3 Å². The molecule has 0 unspecified atom stereocenters. The quantitative estimate of drug-likeness (QED) is 0.392. The Morgan fingerprint density at radius 2 is 1.65 bits per heavy atom. The summed E-state index contributed by atoms with van der Waals surface area (Å²) in [6, 6.07) is 10.0. The van der Waals surface area contributed by atoms with Gasteiger partial charge in [-0.2, -0.15) is 0 Å². The lowest BCUT2D eigenvalue weighted by molar-refractivity contribution is 0.814. The fourth-order valence-corrected chi connectivity index (χ4v) is 1.84. The van der Waals surface area contributed by atoms with Crippen molar-refractivity contribution < 1.29 is 0 Å². The van der Waals surface area contributed by atoms with Gasteiger partial charge in [-0.1, -0.05) is 88.6 Å². The molecule has 0 spiro atoms. The number of hydrogen-bond donors (Lipinski definition) is 0. The van der Waals surface area contributed by atoms with Crippen molar-refractivity contribution in [1.29, 1.82) is 0 Å². The average molecular weight is 264 g/mol. The number of unbranched alkanes of at least 4 members (excludes halogenated alkanes) is 2. The minimum atomic E-state index is 0.848. The van der Waals surface area contributed by atoms with Crippen LogP contribution < -0.4 is 0 Å². The summed E-state index contributed by atoms with van der Waals surface area (Å²) < 4.78 is 0. The zero-order valence-electron chi connectivity index (χ0n) is 12.5. The minimum absolute atomic E-state index is 0.848. The Bertz CT molecular complexity index is 526. The number of allylic oxidation sites excluding steroid dienone is 6. The maximum atomic E-state index is 4.11. The highest BCUT2D eigenvalue weighted by Gasteiger charge is 2.08. The summed E-state index contributed by atoms with van der Waals surface area (Å²) in [6.07, 6.45) is 7.66. The predicted octanol–water partition coefficient (Wildman–Crippen LogP) is 6.11. The van der Waals surface area contributed by atoms with Crippen LogP contribution in [0.2, 0.25) is 0 Å². The zero-order valence-corrected chi connectivity index (χ0v) is 12.5. The second-order valence-corrected chi connectivity index (χ2v) is 4.87. The van der Waals surface area contributed by atoms with Crippen LogP contribution in [0.3, 0.4) is 0 Å². The molecule has 0 heterocycles. The van der Waals surface area contributed by atoms with Crippen LogP contribution in [0.4, 0.5) is 0 Å². The van der Waals surface area contributed by atoms with Crippen molar-refractivity contribution in [3.63, 3.8) is 0 Å². The molecule has 0 nitrogen and oxygen atoms in total. The highest BCUT2D eigenvalue weighted by Crippen LogP contribution is 2.28. The minimum Gasteiger partial charge on any atom is -0.0912 e. The van der Waals surface area contributed by atoms with Crippen LogP contribution >= 0.6 is 0 Å². The van der Waals surface area contributed by atoms with Gasteiger partial charge in [0.1, 0.15) is 0 Å². The highest BCUT2D eigenvalue weighted by molar-refractivity contribution is 5.83. The normalized spacial score (nSPS) is 10.4. The lowest BCUT2D eigenvalue weighted by atomic mass is 9.92. The molecule has 104 valence electrons. The molecule has 0 fully saturated rings. The molecule has 0 saturated carbocycles. The van der Waals surface area contributed by atoms with Gasteiger partial charge >= 0.3 is 0 Å². The Morgan fingerprint density at radius 3 is 2.25 bits per heavy atom. The molecule has 1 rings (SSSR count). The summed E-state index contributed by atoms with van der Waals surface area (Å²) >= 11 is 0. The van der Waals surface area contributed by atoms with Gasteiger partial charge in [0.25, 0.3) is 0 Å². The van der Waals surface area contributed by atoms with Gasteiger partial charge in [-0.05, 0) is 34.3 Å². The van der Waals surface area contributed by atoms with Crippen LogP contribution in [-0.2, 0) is 0 Å². The molecule has 0 saturated heterocycles. The van der Waals surface area contributed by atoms with Gasteiger partial charge in [0.15, 0.2) is 0 Å². The van der Waals surface area contributed by atoms with Crippen LogP contribution in [0.5, 0.6) is 0 Å². The Morgan fingerprint density at radius 1 is 1.00 bits per heavy atom. The third-order valence-corrected chi connectivity index (χ3v) is 3.28. The van der Waals surface area contributed by atoms with Crippen LogP contribution in [0.1, 0.15) is 31.7 Å². The lowest BCUT2D eigenvalue weighted by Gasteiger charge is -2.12. The smallest absolute Gasteiger partial charge is 0.0183 e. The van der Waals surface area contributed by atoms with E-state index in [9.17, 15) is 0 Å². The molecule has 1 aromatic rings. The molecule has 0 bridgehead atoms. The molecule has 0 aliphatic carbocycles. The second-order valence-electron chi connectivity index (χ2n) is 4.87. The molecular formula is C20H24. The van der Waals surface area contributed by atoms with E-state index < -0.39 is 0 Å². The maximum absolute atomic E-state index is 4.11. The lowest BCUT2D eigenvalue weighted by Crippen LogP contribution is -1.92. The largest absolute Gasteiger partial charge is 0.0912 e. The van der Waals surface area contributed by atoms with E-state index in [1.807, 2.05) is 36.4 Å². The first-order chi connectivity index (χ1) is 9.57. The summed E-state index contributed by atoms with van der Waals surface area (Å²) in [4.78, 5) is 0. The van der Waals surface area contributed by atoms with Crippen LogP contribution in [0.15, 0.2) is 85.5 Å². The van der Waals surface area contributed by atoms with Gasteiger partial charge in [0.2, 0.25) is 0 Å². The van der Waals surface area contributed by atoms with E-state index in [1.165, 1.54) is 12.8 Å². The standard InChI is InChI=1S/C20H24/c1-6-7-8-10-13-16(2)17(3)18(4)19(5)20-14-11-9-12-15-20/h9-15H,2-8H2,1H3/b13-10+. The van der Waals surface area contributed by atoms with Crippen molar-refractivity contribution in [3.8, 4) is 0 Å². The first-order valence-electron chi connectivity index (χ1n) is 7.06. The first-order valence-corrected chi connectivity index (χ1v) is 7.06. The number of rotatable bonds is 8. The maximum Gasteiger partial charge on any atom is -0.0183 e. The van der Waals surface area contributed by atoms with Crippen LogP contribution in [0, 0.1) is 0 Å². The van der Waals surface area contributed by atoms with Gasteiger partial charge in [-0.25, -0.2) is 0 Å². The summed E-state index contributed by atoms with van der Waals surface area (Å²) in [7, 11) is 0. The third-order valence-electron chi connectivity index (χ3n) is 3.28. The van der Waals surface area contributed by atoms with Crippen LogP contribution in [0.25, 0.3) is 5.57 Å². The third kappa shape index (κ3) is 4.55. The topological polar surface area (TPSA) is 0 Å². The Labute approximate surface area is 123 Å². The molecule has 0 amide bonds. The van der Waals surface area contributed by atoms with Crippen molar-refractivity contribution in [1.82, 2.24) is 0 Å². The summed E-state index contributed by atoms with van der Waals surface area (Å²) in [6.45, 7) is 18.6. The molecule has 0 radical (unpaired) electrons. The fourth-order valence-electron chi connectivity index (χ4n) is 1.84. The SMILES string of the molecule is C=C(/C=C/CCCC)C(=C)C(=C)C(=C)c1ccccc1. The first kappa shape index (κ1) is 16.0. The van der Waals surface area contributed by atoms with Crippen molar-refractivity contribution in [2.24, 2.45) is 0 Å². The average Bonchev–Trinajstić information content (AvgIpc) is 2.50. The highest BCUT2D eigenvalue weighted by atomic mass is 14.1. The predicted molar refractivity (Wildman–Crippen MR) is 91.6 cm³/mol. The van der Waals surface area contributed by atoms with Crippen molar-refractivity contribution >= 4 is 5.57 Å². The van der Waals surface area contributed by atoms with Gasteiger partial charge in [0.05, 0.1) is 0 Å². The molecule has 1 aromatic carbocycles. The van der Waals surface area contributed by atoms with E-state index >= 15 is 0 Å². The molecule has 0 heteroatoms. The van der Waals surface area contributed by atoms with E-state index in [-0.39, 0.29) is 0 Å². The Kier molecular flexibility index (Phi) is 6.52. The fraction of sp³-hybridized carbons (Fsp3) is 0.200. The summed E-state index contributed by atoms with van der Waals surface area (Å²) in [5.74, 6) is 0. The second kappa shape index (κ2) is 8.16. The van der Waals surface area contributed by atoms with Crippen molar-refractivity contribution in [3.05, 3.63) is 91.1 Å². The van der Waals surface area contributed by atoms with Gasteiger partial charge < -0.3 is 0 Å². The summed E-state index contributed by atoms with van der Waals surface area (Å²) in [5.41, 5.74) is 4.58. The molecule has 20 heavy (non-hydrogen) atoms. The molecule has 0 aliphatic heterocycles. The molecule has 0 N–H and O–H groups in total. The van der Waals surface area contributed by atoms with Crippen LogP contribution in [-0.4, -0.2) is 0 Å². The van der Waals surface area contributed by atoms with Gasteiger partial charge in [-0.15, -0.1) is 0 Å². The number of benzene rings is 1. The monoisotopic (exact) mass is 264 g/mol. The van der Waals surface area contributed by atoms with Gasteiger partial charge in [0, 0.05) is 0 Å². The summed E-state index contributed by atoms with van der Waals surface area (Å²) in [5, 5.41) is 0.